The summed E-state index contributed by atoms with van der Waals surface area (Å²) in [5, 5.41) is 21.3. The molecule has 9 heteroatoms. The molecule has 1 aliphatic carbocycles. The molecule has 0 heterocycles. The van der Waals surface area contributed by atoms with E-state index in [0.717, 1.165) is 32.1 Å². The van der Waals surface area contributed by atoms with Crippen molar-refractivity contribution in [2.75, 3.05) is 40.1 Å². The van der Waals surface area contributed by atoms with E-state index in [1.54, 1.807) is 7.11 Å². The van der Waals surface area contributed by atoms with Crippen molar-refractivity contribution >= 4 is 11.9 Å². The summed E-state index contributed by atoms with van der Waals surface area (Å²) in [5.74, 6) is -0.761. The third kappa shape index (κ3) is 17.0. The first-order valence-corrected chi connectivity index (χ1v) is 14.8. The summed E-state index contributed by atoms with van der Waals surface area (Å²) in [4.78, 5) is 24.2. The topological polar surface area (TPSA) is 121 Å². The molecule has 0 radical (unpaired) electrons. The van der Waals surface area contributed by atoms with Crippen LogP contribution in [0.5, 0.6) is 0 Å². The summed E-state index contributed by atoms with van der Waals surface area (Å²) < 4.78 is 26.5. The van der Waals surface area contributed by atoms with Crippen LogP contribution in [0.15, 0.2) is 12.2 Å². The van der Waals surface area contributed by atoms with Gasteiger partial charge in [-0.1, -0.05) is 38.3 Å². The molecule has 2 N–H and O–H groups in total. The van der Waals surface area contributed by atoms with E-state index >= 15 is 0 Å². The Hall–Kier alpha value is -1.52. The zero-order chi connectivity index (χ0) is 28.9. The predicted molar refractivity (Wildman–Crippen MR) is 149 cm³/mol. The molecule has 1 fully saturated rings. The fraction of sp³-hybridized carbons (Fsp3) is 0.867. The van der Waals surface area contributed by atoms with Crippen LogP contribution in [-0.4, -0.2) is 86.7 Å². The molecule has 1 rings (SSSR count). The maximum Gasteiger partial charge on any atom is 0.332 e. The van der Waals surface area contributed by atoms with Gasteiger partial charge >= 0.3 is 11.9 Å². The largest absolute Gasteiger partial charge is 0.463 e. The van der Waals surface area contributed by atoms with Gasteiger partial charge in [0.05, 0.1) is 44.7 Å². The molecule has 0 aromatic heterocycles. The first-order valence-electron chi connectivity index (χ1n) is 14.8. The maximum absolute atomic E-state index is 12.5. The van der Waals surface area contributed by atoms with E-state index in [9.17, 15) is 19.8 Å². The Bertz CT molecular complexity index is 667. The minimum atomic E-state index is -0.593. The number of ether oxygens (including phenoxy) is 5. The zero-order valence-electron chi connectivity index (χ0n) is 24.7. The summed E-state index contributed by atoms with van der Waals surface area (Å²) in [5.41, 5.74) is 0. The predicted octanol–water partition coefficient (Wildman–Crippen LogP) is 4.36. The summed E-state index contributed by atoms with van der Waals surface area (Å²) in [6.45, 7) is 7.26. The van der Waals surface area contributed by atoms with Gasteiger partial charge in [-0.3, -0.25) is 4.79 Å². The molecule has 0 bridgehead atoms. The minimum Gasteiger partial charge on any atom is -0.463 e. The van der Waals surface area contributed by atoms with Gasteiger partial charge in [0.2, 0.25) is 0 Å². The number of hydrogen-bond donors (Lipinski definition) is 2. The highest BCUT2D eigenvalue weighted by molar-refractivity contribution is 5.71. The third-order valence-electron chi connectivity index (χ3n) is 6.97. The molecule has 0 spiro atoms. The second-order valence-electron chi connectivity index (χ2n) is 10.7. The van der Waals surface area contributed by atoms with E-state index in [-0.39, 0.29) is 43.2 Å². The molecule has 9 nitrogen and oxygen atoms in total. The van der Waals surface area contributed by atoms with E-state index in [4.69, 9.17) is 23.7 Å². The Morgan fingerprint density at radius 2 is 1.69 bits per heavy atom. The molecule has 0 amide bonds. The van der Waals surface area contributed by atoms with Gasteiger partial charge in [-0.05, 0) is 58.3 Å². The van der Waals surface area contributed by atoms with Crippen molar-refractivity contribution in [1.82, 2.24) is 0 Å². The minimum absolute atomic E-state index is 0.0497. The lowest BCUT2D eigenvalue weighted by molar-refractivity contribution is -0.157. The van der Waals surface area contributed by atoms with Crippen LogP contribution in [0.4, 0.5) is 0 Å². The average Bonchev–Trinajstić information content (AvgIpc) is 3.17. The average molecular weight is 559 g/mol. The summed E-state index contributed by atoms with van der Waals surface area (Å²) >= 11 is 0. The first-order chi connectivity index (χ1) is 18.8. The van der Waals surface area contributed by atoms with E-state index < -0.39 is 18.2 Å². The smallest absolute Gasteiger partial charge is 0.332 e. The molecule has 39 heavy (non-hydrogen) atoms. The zero-order valence-corrected chi connectivity index (χ0v) is 24.7. The number of carbonyl (C=O) groups is 2. The highest BCUT2D eigenvalue weighted by Crippen LogP contribution is 2.40. The van der Waals surface area contributed by atoms with Crippen LogP contribution in [0, 0.1) is 11.8 Å². The number of carbonyl (C=O) groups excluding carboxylic acids is 2. The summed E-state index contributed by atoms with van der Waals surface area (Å²) in [7, 11) is 1.60. The Morgan fingerprint density at radius 1 is 0.949 bits per heavy atom. The lowest BCUT2D eigenvalue weighted by atomic mass is 9.85. The second kappa shape index (κ2) is 22.2. The summed E-state index contributed by atoms with van der Waals surface area (Å²) in [6, 6.07) is 0. The van der Waals surface area contributed by atoms with Crippen LogP contribution < -0.4 is 0 Å². The number of unbranched alkanes of at least 4 members (excludes halogenated alkanes) is 3. The standard InChI is InChI=1S/C30H54O9/c1-5-6-9-12-24(31)15-16-25-26(13-10-7-8-11-14-29(33)38-23(2)3)28(21-27(25)32)39-30(34)22-37-20-19-36-18-17-35-4/h7,10,23-28,31-32H,5-6,8-9,11-22H2,1-4H3/b10-7-/t24-,25+,26+,27+,28-/m0/s1. The molecule has 0 aliphatic heterocycles. The van der Waals surface area contributed by atoms with Gasteiger partial charge in [-0.25, -0.2) is 4.79 Å². The van der Waals surface area contributed by atoms with Crippen LogP contribution in [0.25, 0.3) is 0 Å². The SMILES string of the molecule is CCCCC[C@H](O)CC[C@@H]1[C@@H](C/C=C\CCCC(=O)OC(C)C)[C@@H](OC(=O)COCCOCCOC)C[C@H]1O. The first kappa shape index (κ1) is 35.5. The number of esters is 2. The van der Waals surface area contributed by atoms with Crippen molar-refractivity contribution in [1.29, 1.82) is 0 Å². The fourth-order valence-electron chi connectivity index (χ4n) is 4.95. The number of methoxy groups -OCH3 is 1. The van der Waals surface area contributed by atoms with Gasteiger partial charge in [-0.15, -0.1) is 0 Å². The van der Waals surface area contributed by atoms with E-state index in [0.29, 0.717) is 58.3 Å². The molecule has 0 aromatic rings. The van der Waals surface area contributed by atoms with Crippen molar-refractivity contribution in [3.05, 3.63) is 12.2 Å². The van der Waals surface area contributed by atoms with Crippen molar-refractivity contribution in [2.45, 2.75) is 116 Å². The Labute approximate surface area is 235 Å². The molecule has 0 saturated heterocycles. The lowest BCUT2D eigenvalue weighted by Gasteiger charge is -2.25. The molecule has 228 valence electrons. The number of rotatable bonds is 23. The normalized spacial score (nSPS) is 22.0. The van der Waals surface area contributed by atoms with Crippen molar-refractivity contribution < 1.29 is 43.5 Å². The van der Waals surface area contributed by atoms with Crippen LogP contribution >= 0.6 is 0 Å². The molecular weight excluding hydrogens is 504 g/mol. The maximum atomic E-state index is 12.5. The van der Waals surface area contributed by atoms with Gasteiger partial charge in [-0.2, -0.15) is 0 Å². The van der Waals surface area contributed by atoms with Crippen molar-refractivity contribution in [2.24, 2.45) is 11.8 Å². The second-order valence-corrected chi connectivity index (χ2v) is 10.7. The number of allylic oxidation sites excluding steroid dienone is 2. The van der Waals surface area contributed by atoms with Crippen LogP contribution in [0.1, 0.15) is 91.4 Å². The highest BCUT2D eigenvalue weighted by atomic mass is 16.6. The molecule has 5 atom stereocenters. The molecular formula is C30H54O9. The van der Waals surface area contributed by atoms with Crippen LogP contribution in [0.3, 0.4) is 0 Å². The monoisotopic (exact) mass is 558 g/mol. The van der Waals surface area contributed by atoms with Gasteiger partial charge in [0.15, 0.2) is 0 Å². The van der Waals surface area contributed by atoms with Crippen molar-refractivity contribution in [3.8, 4) is 0 Å². The molecule has 1 saturated carbocycles. The number of aliphatic hydroxyl groups excluding tert-OH is 2. The third-order valence-corrected chi connectivity index (χ3v) is 6.97. The van der Waals surface area contributed by atoms with Gasteiger partial charge in [0.25, 0.3) is 0 Å². The van der Waals surface area contributed by atoms with E-state index in [1.165, 1.54) is 0 Å². The van der Waals surface area contributed by atoms with E-state index in [1.807, 2.05) is 19.9 Å². The Balaban J connectivity index is 2.60. The van der Waals surface area contributed by atoms with Gasteiger partial charge in [0.1, 0.15) is 12.7 Å². The summed E-state index contributed by atoms with van der Waals surface area (Å²) in [6.07, 6.45) is 10.7. The number of hydrogen-bond acceptors (Lipinski definition) is 9. The Morgan fingerprint density at radius 3 is 2.41 bits per heavy atom. The highest BCUT2D eigenvalue weighted by Gasteiger charge is 2.43. The van der Waals surface area contributed by atoms with Crippen molar-refractivity contribution in [3.63, 3.8) is 0 Å². The van der Waals surface area contributed by atoms with E-state index in [2.05, 4.69) is 13.0 Å². The molecule has 0 unspecified atom stereocenters. The quantitative estimate of drug-likeness (QED) is 0.107. The van der Waals surface area contributed by atoms with Gasteiger partial charge in [0, 0.05) is 25.9 Å². The van der Waals surface area contributed by atoms with Gasteiger partial charge < -0.3 is 33.9 Å². The van der Waals surface area contributed by atoms with Crippen LogP contribution in [-0.2, 0) is 33.3 Å². The Kier molecular flexibility index (Phi) is 20.2. The fourth-order valence-corrected chi connectivity index (χ4v) is 4.95. The van der Waals surface area contributed by atoms with Crippen LogP contribution in [0.2, 0.25) is 0 Å². The molecule has 1 aliphatic rings. The molecule has 0 aromatic carbocycles. The lowest BCUT2D eigenvalue weighted by Crippen LogP contribution is -2.28. The number of aliphatic hydroxyl groups is 2.